The van der Waals surface area contributed by atoms with Crippen LogP contribution in [0.4, 0.5) is 0 Å². The number of rotatable bonds is 11. The summed E-state index contributed by atoms with van der Waals surface area (Å²) in [6.07, 6.45) is 6.15. The summed E-state index contributed by atoms with van der Waals surface area (Å²) in [6.45, 7) is 18.8. The minimum atomic E-state index is -3.43. The number of carboxylic acid groups (broad SMARTS) is 1. The van der Waals surface area contributed by atoms with Crippen molar-refractivity contribution in [1.82, 2.24) is 5.32 Å². The molecule has 0 saturated carbocycles. The van der Waals surface area contributed by atoms with E-state index in [0.29, 0.717) is 61.1 Å². The van der Waals surface area contributed by atoms with E-state index in [4.69, 9.17) is 5.11 Å². The Kier molecular flexibility index (Phi) is 32.8. The van der Waals surface area contributed by atoms with Gasteiger partial charge in [-0.25, -0.2) is 33.7 Å². The lowest BCUT2D eigenvalue weighted by Gasteiger charge is -2.29. The first-order chi connectivity index (χ1) is 38.9. The molecule has 18 nitrogen and oxygen atoms in total. The third-order valence-corrected chi connectivity index (χ3v) is 25.9. The topological polar surface area (TPSA) is 309 Å². The van der Waals surface area contributed by atoms with Gasteiger partial charge < -0.3 is 20.3 Å². The number of nitrogens with one attached hydrogen (secondary N) is 1. The van der Waals surface area contributed by atoms with Crippen LogP contribution in [0.25, 0.3) is 0 Å². The molecule has 4 aliphatic rings. The van der Waals surface area contributed by atoms with Gasteiger partial charge in [-0.15, -0.1) is 0 Å². The van der Waals surface area contributed by atoms with E-state index in [1.54, 1.807) is 91.0 Å². The molecule has 0 aromatic heterocycles. The van der Waals surface area contributed by atoms with E-state index >= 15 is 0 Å². The Balaban J connectivity index is 0.000000532. The number of hydrogen-bond acceptors (Lipinski definition) is 16. The maximum atomic E-state index is 12.5. The molecule has 8 rings (SSSR count). The molecular formula is C57H85NO17S8. The SMILES string of the molecule is CC.CC.CC.CC.CC(=O)CC[C@H]1CC(S(C)(=O)=O)c2ccccc2S1=O.CC(=O)NC[C@H]1CC(S(C)(=O)=O)c2ccccc2S1=O.CS(=O)(=O)C1C[C@H](C(=O)O)S(=O)c2ccccc21.CS(=O)(=O)C1C[C@H](CO)S(=O)c2ccccc21. The van der Waals surface area contributed by atoms with Gasteiger partial charge in [-0.3, -0.25) is 26.4 Å². The van der Waals surface area contributed by atoms with Crippen LogP contribution in [0.5, 0.6) is 0 Å². The predicted octanol–water partition coefficient (Wildman–Crippen LogP) is 8.30. The second-order valence-corrected chi connectivity index (χ2v) is 34.2. The summed E-state index contributed by atoms with van der Waals surface area (Å²) in [5.74, 6) is -1.40. The van der Waals surface area contributed by atoms with Crippen LogP contribution in [-0.4, -0.2) is 138 Å². The first-order valence-corrected chi connectivity index (χ1v) is 39.9. The highest BCUT2D eigenvalue weighted by Gasteiger charge is 2.42. The van der Waals surface area contributed by atoms with Crippen molar-refractivity contribution in [3.8, 4) is 0 Å². The first-order valence-electron chi connectivity index (χ1n) is 27.2. The number of carbonyl (C=O) groups excluding carboxylic acids is 2. The van der Waals surface area contributed by atoms with E-state index < -0.39 is 120 Å². The van der Waals surface area contributed by atoms with Crippen LogP contribution in [0.1, 0.15) is 151 Å². The summed E-state index contributed by atoms with van der Waals surface area (Å²) in [5.41, 5.74) is 2.33. The molecule has 1 amide bonds. The number of sulfone groups is 4. The lowest BCUT2D eigenvalue weighted by Crippen LogP contribution is -2.38. The molecule has 0 radical (unpaired) electrons. The minimum Gasteiger partial charge on any atom is -0.480 e. The number of aliphatic carboxylic acids is 1. The fourth-order valence-corrected chi connectivity index (χ4v) is 21.2. The lowest BCUT2D eigenvalue weighted by molar-refractivity contribution is -0.136. The Morgan fingerprint density at radius 3 is 1.04 bits per heavy atom. The van der Waals surface area contributed by atoms with Gasteiger partial charge in [0.1, 0.15) is 11.0 Å². The van der Waals surface area contributed by atoms with Crippen LogP contribution >= 0.6 is 0 Å². The number of carboxylic acids is 1. The predicted molar refractivity (Wildman–Crippen MR) is 334 cm³/mol. The first kappa shape index (κ1) is 76.9. The standard InChI is InChI=1S/C14H18O4S2.C13H17NO4S2.C11H12O5S2.C11H14O4S2.4C2H6/c1-10(15)7-8-11-9-14(20(2,17)18)12-5-3-4-6-13(12)19(11)16;1-9(15)14-8-10-7-13(20(2,17)18)11-5-3-4-6-12(11)19(10)16;1-18(15,16)10-6-9(11(12)13)17(14)8-5-3-2-4-7(8)10;1-17(14,15)11-6-8(7-12)16(13)10-5-3-2-4-9(10)11;4*1-2/h3-6,11,14H,7-9H2,1-2H3;3-6,10,13H,7-8H2,1-2H3,(H,14,15);2-5,9-10H,6H2,1H3,(H,12,13);2-5,8,11-12H,6-7H2,1H3;4*1-2H3/t11-,14?,19?;10-,13?,19?;9-,10?,17?;8-,11?,16?;;;;/m0111..../s1. The maximum absolute atomic E-state index is 12.5. The van der Waals surface area contributed by atoms with Crippen LogP contribution in [0.2, 0.25) is 0 Å². The van der Waals surface area contributed by atoms with E-state index in [1.807, 2.05) is 55.4 Å². The summed E-state index contributed by atoms with van der Waals surface area (Å²) in [4.78, 5) is 35.2. The molecule has 26 heteroatoms. The normalized spacial score (nSPS) is 24.6. The molecule has 0 spiro atoms. The van der Waals surface area contributed by atoms with Crippen molar-refractivity contribution in [3.05, 3.63) is 119 Å². The summed E-state index contributed by atoms with van der Waals surface area (Å²) in [7, 11) is -18.8. The van der Waals surface area contributed by atoms with Crippen molar-refractivity contribution in [1.29, 1.82) is 0 Å². The van der Waals surface area contributed by atoms with Gasteiger partial charge in [0.2, 0.25) is 5.91 Å². The zero-order valence-electron chi connectivity index (χ0n) is 49.8. The Morgan fingerprint density at radius 1 is 0.458 bits per heavy atom. The van der Waals surface area contributed by atoms with Crippen molar-refractivity contribution in [2.45, 2.75) is 169 Å². The molecule has 4 aromatic rings. The van der Waals surface area contributed by atoms with Gasteiger partial charge in [-0.1, -0.05) is 128 Å². The van der Waals surface area contributed by atoms with Gasteiger partial charge in [0.15, 0.2) is 39.3 Å². The van der Waals surface area contributed by atoms with Crippen molar-refractivity contribution >= 4 is 100 Å². The number of fused-ring (bicyclic) bond motifs is 4. The average Bonchev–Trinajstić information content (AvgIpc) is 3.05. The highest BCUT2D eigenvalue weighted by Crippen LogP contribution is 2.42. The van der Waals surface area contributed by atoms with Crippen molar-refractivity contribution in [3.63, 3.8) is 0 Å². The van der Waals surface area contributed by atoms with Crippen molar-refractivity contribution < 1.29 is 75.1 Å². The van der Waals surface area contributed by atoms with Gasteiger partial charge in [-0.05, 0) is 85.5 Å². The van der Waals surface area contributed by atoms with E-state index in [9.17, 15) is 70.0 Å². The summed E-state index contributed by atoms with van der Waals surface area (Å²) in [6, 6.07) is 27.2. The van der Waals surface area contributed by atoms with Gasteiger partial charge in [0.05, 0.1) is 81.3 Å². The van der Waals surface area contributed by atoms with Gasteiger partial charge in [0, 0.05) is 69.7 Å². The molecule has 4 aromatic carbocycles. The van der Waals surface area contributed by atoms with Crippen LogP contribution in [0, 0.1) is 0 Å². The summed E-state index contributed by atoms with van der Waals surface area (Å²) in [5, 5.41) is 15.7. The molecule has 0 fully saturated rings. The van der Waals surface area contributed by atoms with Gasteiger partial charge in [0.25, 0.3) is 0 Å². The van der Waals surface area contributed by atoms with Crippen molar-refractivity contribution in [2.75, 3.05) is 38.2 Å². The van der Waals surface area contributed by atoms with E-state index in [-0.39, 0.29) is 54.6 Å². The zero-order valence-corrected chi connectivity index (χ0v) is 56.3. The average molecular weight is 1310 g/mol. The number of carbonyl (C=O) groups is 3. The molecule has 83 heavy (non-hydrogen) atoms. The van der Waals surface area contributed by atoms with E-state index in [1.165, 1.54) is 38.7 Å². The Bertz CT molecular complexity index is 3250. The molecule has 8 unspecified atom stereocenters. The Labute approximate surface area is 503 Å². The number of benzene rings is 4. The Morgan fingerprint density at radius 2 is 0.735 bits per heavy atom. The van der Waals surface area contributed by atoms with Crippen LogP contribution in [-0.2, 0) is 96.9 Å². The molecule has 3 N–H and O–H groups in total. The third-order valence-electron chi connectivity index (χ3n) is 12.9. The molecular weight excluding hydrogens is 1230 g/mol. The largest absolute Gasteiger partial charge is 0.480 e. The number of aliphatic hydroxyl groups excluding tert-OH is 1. The van der Waals surface area contributed by atoms with Gasteiger partial charge in [-0.2, -0.15) is 0 Å². The minimum absolute atomic E-state index is 0.0387. The highest BCUT2D eigenvalue weighted by molar-refractivity contribution is 7.92. The number of ketones is 1. The second-order valence-electron chi connectivity index (χ2n) is 18.6. The van der Waals surface area contributed by atoms with Crippen LogP contribution in [0.15, 0.2) is 117 Å². The number of amides is 1. The number of Topliss-reactive ketones (excluding diaryl/α,β-unsaturated/α-hetero) is 1. The third kappa shape index (κ3) is 21.6. The molecule has 0 aliphatic carbocycles. The molecule has 12 atom stereocenters. The fourth-order valence-electron chi connectivity index (χ4n) is 9.14. The molecule has 4 heterocycles. The lowest BCUT2D eigenvalue weighted by atomic mass is 10.0. The number of aliphatic hydroxyl groups is 1. The molecule has 0 saturated heterocycles. The second kappa shape index (κ2) is 35.5. The monoisotopic (exact) mass is 1310 g/mol. The zero-order chi connectivity index (χ0) is 64.0. The number of hydrogen-bond donors (Lipinski definition) is 3. The van der Waals surface area contributed by atoms with E-state index in [0.717, 1.165) is 6.26 Å². The smallest absolute Gasteiger partial charge is 0.319 e. The molecule has 4 aliphatic heterocycles. The maximum Gasteiger partial charge on any atom is 0.319 e. The quantitative estimate of drug-likeness (QED) is 0.127. The molecule has 0 bridgehead atoms. The van der Waals surface area contributed by atoms with E-state index in [2.05, 4.69) is 5.32 Å². The van der Waals surface area contributed by atoms with Gasteiger partial charge >= 0.3 is 5.97 Å². The Hall–Kier alpha value is -4.15. The van der Waals surface area contributed by atoms with Crippen molar-refractivity contribution in [2.24, 2.45) is 0 Å². The highest BCUT2D eigenvalue weighted by atomic mass is 32.2. The van der Waals surface area contributed by atoms with Crippen LogP contribution < -0.4 is 5.32 Å². The summed E-state index contributed by atoms with van der Waals surface area (Å²) < 4.78 is 144. The fraction of sp³-hybridized carbons (Fsp3) is 0.526. The molecule has 468 valence electrons. The summed E-state index contributed by atoms with van der Waals surface area (Å²) >= 11 is 0. The van der Waals surface area contributed by atoms with Crippen LogP contribution in [0.3, 0.4) is 0 Å².